The summed E-state index contributed by atoms with van der Waals surface area (Å²) in [5.74, 6) is 2.51. The van der Waals surface area contributed by atoms with Gasteiger partial charge >= 0.3 is 0 Å². The highest BCUT2D eigenvalue weighted by Gasteiger charge is 2.16. The van der Waals surface area contributed by atoms with Crippen molar-refractivity contribution in [2.24, 2.45) is 10.9 Å². The number of guanidine groups is 1. The summed E-state index contributed by atoms with van der Waals surface area (Å²) in [4.78, 5) is 6.81. The summed E-state index contributed by atoms with van der Waals surface area (Å²) >= 11 is 0. The van der Waals surface area contributed by atoms with E-state index in [9.17, 15) is 0 Å². The Morgan fingerprint density at radius 1 is 1.32 bits per heavy atom. The third kappa shape index (κ3) is 8.03. The lowest BCUT2D eigenvalue weighted by Crippen LogP contribution is -2.38. The van der Waals surface area contributed by atoms with E-state index in [2.05, 4.69) is 41.3 Å². The number of hydrogen-bond acceptors (Lipinski definition) is 3. The van der Waals surface area contributed by atoms with E-state index in [-0.39, 0.29) is 30.0 Å². The van der Waals surface area contributed by atoms with Crippen molar-refractivity contribution in [1.82, 2.24) is 15.5 Å². The standard InChI is InChI=1S/C16H30N4O.HI/c1-6-17-16(18-10-9-13(2)3)19-12-14(20(4)5)15-8-7-11-21-15;/h7-8,11,13-14H,6,9-10,12H2,1-5H3,(H2,17,18,19);1H. The molecule has 128 valence electrons. The first-order valence-corrected chi connectivity index (χ1v) is 7.76. The summed E-state index contributed by atoms with van der Waals surface area (Å²) in [6, 6.07) is 4.07. The molecule has 0 aliphatic heterocycles. The Kier molecular flexibility index (Phi) is 11.4. The van der Waals surface area contributed by atoms with E-state index in [1.165, 1.54) is 0 Å². The van der Waals surface area contributed by atoms with Crippen molar-refractivity contribution in [1.29, 1.82) is 0 Å². The van der Waals surface area contributed by atoms with Gasteiger partial charge in [-0.1, -0.05) is 13.8 Å². The maximum absolute atomic E-state index is 5.51. The molecule has 0 aromatic carbocycles. The minimum Gasteiger partial charge on any atom is -0.468 e. The van der Waals surface area contributed by atoms with Gasteiger partial charge in [0.05, 0.1) is 18.8 Å². The predicted molar refractivity (Wildman–Crippen MR) is 104 cm³/mol. The Hall–Kier alpha value is -0.760. The summed E-state index contributed by atoms with van der Waals surface area (Å²) in [7, 11) is 4.09. The zero-order chi connectivity index (χ0) is 15.7. The van der Waals surface area contributed by atoms with Crippen LogP contribution in [-0.4, -0.2) is 44.6 Å². The zero-order valence-corrected chi connectivity index (χ0v) is 16.8. The summed E-state index contributed by atoms with van der Waals surface area (Å²) in [6.07, 6.45) is 2.85. The molecule has 1 aromatic heterocycles. The molecule has 1 atom stereocenters. The van der Waals surface area contributed by atoms with Crippen molar-refractivity contribution in [2.45, 2.75) is 33.2 Å². The smallest absolute Gasteiger partial charge is 0.191 e. The topological polar surface area (TPSA) is 52.8 Å². The van der Waals surface area contributed by atoms with Crippen LogP contribution in [0, 0.1) is 5.92 Å². The van der Waals surface area contributed by atoms with Gasteiger partial charge in [0.1, 0.15) is 5.76 Å². The van der Waals surface area contributed by atoms with Crippen LogP contribution >= 0.6 is 24.0 Å². The monoisotopic (exact) mass is 422 g/mol. The van der Waals surface area contributed by atoms with Gasteiger partial charge in [-0.2, -0.15) is 0 Å². The molecule has 0 aliphatic rings. The first-order valence-electron chi connectivity index (χ1n) is 7.76. The van der Waals surface area contributed by atoms with Crippen molar-refractivity contribution in [3.8, 4) is 0 Å². The third-order valence-corrected chi connectivity index (χ3v) is 3.28. The molecule has 6 heteroatoms. The molecule has 5 nitrogen and oxygen atoms in total. The molecule has 0 amide bonds. The molecular weight excluding hydrogens is 391 g/mol. The minimum absolute atomic E-state index is 0. The molecule has 0 saturated heterocycles. The van der Waals surface area contributed by atoms with E-state index in [0.29, 0.717) is 12.5 Å². The average Bonchev–Trinajstić information content (AvgIpc) is 2.92. The van der Waals surface area contributed by atoms with Crippen LogP contribution in [0.1, 0.15) is 39.0 Å². The van der Waals surface area contributed by atoms with Gasteiger partial charge in [-0.05, 0) is 45.5 Å². The lowest BCUT2D eigenvalue weighted by atomic mass is 10.1. The molecule has 0 fully saturated rings. The molecule has 0 aliphatic carbocycles. The van der Waals surface area contributed by atoms with Gasteiger partial charge in [-0.25, -0.2) is 0 Å². The number of rotatable bonds is 8. The van der Waals surface area contributed by atoms with Crippen LogP contribution in [0.2, 0.25) is 0 Å². The Balaban J connectivity index is 0.00000441. The fourth-order valence-corrected chi connectivity index (χ4v) is 1.99. The maximum atomic E-state index is 5.51. The number of nitrogens with one attached hydrogen (secondary N) is 2. The second-order valence-corrected chi connectivity index (χ2v) is 5.82. The van der Waals surface area contributed by atoms with Gasteiger partial charge < -0.3 is 15.1 Å². The average molecular weight is 422 g/mol. The predicted octanol–water partition coefficient (Wildman–Crippen LogP) is 3.10. The van der Waals surface area contributed by atoms with Crippen LogP contribution in [0.25, 0.3) is 0 Å². The van der Waals surface area contributed by atoms with Crippen LogP contribution < -0.4 is 10.6 Å². The highest BCUT2D eigenvalue weighted by atomic mass is 127. The van der Waals surface area contributed by atoms with Gasteiger partial charge in [0.2, 0.25) is 0 Å². The van der Waals surface area contributed by atoms with Crippen molar-refractivity contribution in [3.05, 3.63) is 24.2 Å². The zero-order valence-electron chi connectivity index (χ0n) is 14.4. The van der Waals surface area contributed by atoms with Crippen molar-refractivity contribution in [3.63, 3.8) is 0 Å². The molecule has 1 aromatic rings. The van der Waals surface area contributed by atoms with Crippen LogP contribution in [-0.2, 0) is 0 Å². The number of nitrogens with zero attached hydrogens (tertiary/aromatic N) is 2. The van der Waals surface area contributed by atoms with Crippen molar-refractivity contribution >= 4 is 29.9 Å². The van der Waals surface area contributed by atoms with E-state index in [0.717, 1.165) is 31.2 Å². The van der Waals surface area contributed by atoms with E-state index < -0.39 is 0 Å². The largest absolute Gasteiger partial charge is 0.468 e. The number of aliphatic imine (C=N–C) groups is 1. The van der Waals surface area contributed by atoms with Gasteiger partial charge in [0, 0.05) is 13.1 Å². The third-order valence-electron chi connectivity index (χ3n) is 3.28. The SMILES string of the molecule is CCNC(=NCC(c1ccco1)N(C)C)NCCC(C)C.I. The van der Waals surface area contributed by atoms with Crippen LogP contribution in [0.4, 0.5) is 0 Å². The quantitative estimate of drug-likeness (QED) is 0.384. The number of hydrogen-bond donors (Lipinski definition) is 2. The second kappa shape index (κ2) is 11.8. The number of furan rings is 1. The first-order chi connectivity index (χ1) is 10.0. The molecule has 1 rings (SSSR count). The van der Waals surface area contributed by atoms with Crippen LogP contribution in [0.3, 0.4) is 0 Å². The van der Waals surface area contributed by atoms with Crippen molar-refractivity contribution in [2.75, 3.05) is 33.7 Å². The lowest BCUT2D eigenvalue weighted by Gasteiger charge is -2.21. The lowest BCUT2D eigenvalue weighted by molar-refractivity contribution is 0.265. The second-order valence-electron chi connectivity index (χ2n) is 5.82. The molecule has 0 saturated carbocycles. The van der Waals surface area contributed by atoms with Crippen LogP contribution in [0.5, 0.6) is 0 Å². The fourth-order valence-electron chi connectivity index (χ4n) is 1.99. The molecule has 1 heterocycles. The van der Waals surface area contributed by atoms with Gasteiger partial charge in [0.25, 0.3) is 0 Å². The Labute approximate surface area is 152 Å². The van der Waals surface area contributed by atoms with E-state index in [1.807, 2.05) is 26.2 Å². The summed E-state index contributed by atoms with van der Waals surface area (Å²) < 4.78 is 5.51. The van der Waals surface area contributed by atoms with E-state index in [1.54, 1.807) is 6.26 Å². The summed E-state index contributed by atoms with van der Waals surface area (Å²) in [5.41, 5.74) is 0. The Morgan fingerprint density at radius 2 is 2.05 bits per heavy atom. The summed E-state index contributed by atoms with van der Waals surface area (Å²) in [5, 5.41) is 6.67. The molecule has 1 unspecified atom stereocenters. The molecule has 2 N–H and O–H groups in total. The van der Waals surface area contributed by atoms with Gasteiger partial charge in [0.15, 0.2) is 5.96 Å². The number of halogens is 1. The Morgan fingerprint density at radius 3 is 2.55 bits per heavy atom. The highest BCUT2D eigenvalue weighted by Crippen LogP contribution is 2.18. The fraction of sp³-hybridized carbons (Fsp3) is 0.688. The molecule has 0 radical (unpaired) electrons. The highest BCUT2D eigenvalue weighted by molar-refractivity contribution is 14.0. The maximum Gasteiger partial charge on any atom is 0.191 e. The molecular formula is C16H31IN4O. The van der Waals surface area contributed by atoms with Gasteiger partial charge in [-0.15, -0.1) is 24.0 Å². The minimum atomic E-state index is 0. The van der Waals surface area contributed by atoms with Crippen molar-refractivity contribution < 1.29 is 4.42 Å². The van der Waals surface area contributed by atoms with Gasteiger partial charge in [-0.3, -0.25) is 9.89 Å². The molecule has 0 spiro atoms. The summed E-state index contributed by atoms with van der Waals surface area (Å²) in [6.45, 7) is 9.00. The van der Waals surface area contributed by atoms with E-state index in [4.69, 9.17) is 4.42 Å². The Bertz CT molecular complexity index is 404. The normalized spacial score (nSPS) is 13.1. The number of likely N-dealkylation sites (N-methyl/N-ethyl adjacent to an activating group) is 1. The van der Waals surface area contributed by atoms with E-state index >= 15 is 0 Å². The molecule has 0 bridgehead atoms. The first kappa shape index (κ1) is 21.2. The molecule has 22 heavy (non-hydrogen) atoms. The van der Waals surface area contributed by atoms with Crippen LogP contribution in [0.15, 0.2) is 27.8 Å².